The third-order valence-electron chi connectivity index (χ3n) is 7.90. The summed E-state index contributed by atoms with van der Waals surface area (Å²) < 4.78 is 8.07. The molecule has 2 aromatic heterocycles. The molecule has 0 bridgehead atoms. The minimum Gasteiger partial charge on any atom is -0.508 e. The Morgan fingerprint density at radius 3 is 2.67 bits per heavy atom. The number of carboxylic acid groups (broad SMARTS) is 1. The number of aliphatic carboxylic acids is 1. The fourth-order valence-electron chi connectivity index (χ4n) is 5.93. The molecule has 1 aliphatic carbocycles. The van der Waals surface area contributed by atoms with Crippen molar-refractivity contribution in [3.63, 3.8) is 0 Å². The van der Waals surface area contributed by atoms with Crippen molar-refractivity contribution in [2.24, 2.45) is 0 Å². The van der Waals surface area contributed by atoms with E-state index in [4.69, 9.17) is 9.72 Å². The number of nitrogens with zero attached hydrogens (tertiary/aromatic N) is 2. The van der Waals surface area contributed by atoms with Crippen LogP contribution in [-0.2, 0) is 4.79 Å². The van der Waals surface area contributed by atoms with Crippen LogP contribution in [0.25, 0.3) is 33.3 Å². The molecule has 10 nitrogen and oxygen atoms in total. The molecule has 42 heavy (non-hydrogen) atoms. The molecular formula is C32H32N4O6. The summed E-state index contributed by atoms with van der Waals surface area (Å²) in [5, 5.41) is 32.4. The summed E-state index contributed by atoms with van der Waals surface area (Å²) >= 11 is 0. The number of imidazole rings is 1. The molecule has 0 unspecified atom stereocenters. The highest BCUT2D eigenvalue weighted by atomic mass is 16.5. The third-order valence-corrected chi connectivity index (χ3v) is 7.90. The molecule has 0 spiro atoms. The van der Waals surface area contributed by atoms with Crippen LogP contribution in [0.3, 0.4) is 0 Å². The molecule has 6 rings (SSSR count). The number of aromatic amines is 1. The van der Waals surface area contributed by atoms with Crippen LogP contribution < -0.4 is 10.1 Å². The van der Waals surface area contributed by atoms with Crippen LogP contribution in [0, 0.1) is 0 Å². The number of rotatable bonds is 9. The van der Waals surface area contributed by atoms with Gasteiger partial charge in [-0.15, -0.1) is 0 Å². The van der Waals surface area contributed by atoms with Gasteiger partial charge in [-0.25, -0.2) is 9.78 Å². The van der Waals surface area contributed by atoms with Crippen molar-refractivity contribution in [2.75, 3.05) is 13.2 Å². The van der Waals surface area contributed by atoms with E-state index in [9.17, 15) is 24.9 Å². The summed E-state index contributed by atoms with van der Waals surface area (Å²) in [6.07, 6.45) is 6.99. The van der Waals surface area contributed by atoms with Crippen LogP contribution in [-0.4, -0.2) is 54.9 Å². The molecule has 1 aliphatic rings. The molecule has 1 amide bonds. The number of nitrogens with one attached hydrogen (secondary N) is 2. The van der Waals surface area contributed by atoms with E-state index < -0.39 is 17.9 Å². The number of phenolic OH excluding ortho intramolecular Hbond substituents is 1. The number of ether oxygens (including phenoxy) is 1. The van der Waals surface area contributed by atoms with Crippen LogP contribution in [0.5, 0.6) is 11.5 Å². The highest BCUT2D eigenvalue weighted by Gasteiger charge is 2.28. The minimum atomic E-state index is -1.34. The molecule has 216 valence electrons. The van der Waals surface area contributed by atoms with E-state index in [-0.39, 0.29) is 30.6 Å². The van der Waals surface area contributed by atoms with Gasteiger partial charge in [0.05, 0.1) is 23.2 Å². The summed E-state index contributed by atoms with van der Waals surface area (Å²) in [5.74, 6) is -0.441. The SMILES string of the molecule is O=C(N[C@H](C(=O)O)c1c[nH]c2ccc(O)cc12)c1ccc2c(c1)nc(-c1ccccc1OCCO)n2C1CCCCC1. The number of benzene rings is 3. The maximum Gasteiger partial charge on any atom is 0.331 e. The molecule has 0 aliphatic heterocycles. The lowest BCUT2D eigenvalue weighted by molar-refractivity contribution is -0.139. The van der Waals surface area contributed by atoms with Gasteiger partial charge >= 0.3 is 5.97 Å². The van der Waals surface area contributed by atoms with Gasteiger partial charge in [0.1, 0.15) is 23.9 Å². The van der Waals surface area contributed by atoms with Crippen LogP contribution in [0.2, 0.25) is 0 Å². The second-order valence-electron chi connectivity index (χ2n) is 10.6. The third kappa shape index (κ3) is 5.16. The van der Waals surface area contributed by atoms with Crippen LogP contribution in [0.15, 0.2) is 66.9 Å². The van der Waals surface area contributed by atoms with E-state index in [0.29, 0.717) is 27.7 Å². The Bertz CT molecular complexity index is 1770. The van der Waals surface area contributed by atoms with Crippen LogP contribution in [0.1, 0.15) is 60.1 Å². The number of carbonyl (C=O) groups is 2. The Hall–Kier alpha value is -4.83. The number of aromatic nitrogens is 3. The lowest BCUT2D eigenvalue weighted by Gasteiger charge is -2.26. The van der Waals surface area contributed by atoms with Gasteiger partial charge in [0.2, 0.25) is 0 Å². The number of amides is 1. The highest BCUT2D eigenvalue weighted by molar-refractivity contribution is 6.01. The van der Waals surface area contributed by atoms with Crippen molar-refractivity contribution < 1.29 is 29.6 Å². The van der Waals surface area contributed by atoms with Gasteiger partial charge in [-0.1, -0.05) is 31.4 Å². The quantitative estimate of drug-likeness (QED) is 0.161. The first kappa shape index (κ1) is 27.3. The fraction of sp³-hybridized carbons (Fsp3) is 0.281. The number of hydrogen-bond acceptors (Lipinski definition) is 6. The average Bonchev–Trinajstić information content (AvgIpc) is 3.60. The van der Waals surface area contributed by atoms with Gasteiger partial charge in [-0.05, 0) is 61.4 Å². The lowest BCUT2D eigenvalue weighted by Crippen LogP contribution is -2.33. The maximum atomic E-state index is 13.4. The predicted octanol–water partition coefficient (Wildman–Crippen LogP) is 5.32. The van der Waals surface area contributed by atoms with E-state index in [0.717, 1.165) is 42.6 Å². The maximum absolute atomic E-state index is 13.4. The van der Waals surface area contributed by atoms with E-state index >= 15 is 0 Å². The largest absolute Gasteiger partial charge is 0.508 e. The summed E-state index contributed by atoms with van der Waals surface area (Å²) in [6, 6.07) is 16.3. The van der Waals surface area contributed by atoms with Crippen molar-refractivity contribution in [3.8, 4) is 22.9 Å². The molecular weight excluding hydrogens is 536 g/mol. The monoisotopic (exact) mass is 568 g/mol. The number of hydrogen-bond donors (Lipinski definition) is 5. The van der Waals surface area contributed by atoms with Gasteiger partial charge in [-0.3, -0.25) is 4.79 Å². The van der Waals surface area contributed by atoms with Gasteiger partial charge in [0.15, 0.2) is 6.04 Å². The van der Waals surface area contributed by atoms with Crippen molar-refractivity contribution >= 4 is 33.8 Å². The summed E-state index contributed by atoms with van der Waals surface area (Å²) in [7, 11) is 0. The Kier molecular flexibility index (Phi) is 7.54. The van der Waals surface area contributed by atoms with E-state index in [1.165, 1.54) is 24.8 Å². The van der Waals surface area contributed by atoms with Crippen LogP contribution in [0.4, 0.5) is 0 Å². The Labute approximate surface area is 241 Å². The highest BCUT2D eigenvalue weighted by Crippen LogP contribution is 2.39. The van der Waals surface area contributed by atoms with Gasteiger partial charge in [-0.2, -0.15) is 0 Å². The molecule has 5 aromatic rings. The second-order valence-corrected chi connectivity index (χ2v) is 10.6. The smallest absolute Gasteiger partial charge is 0.331 e. The summed E-state index contributed by atoms with van der Waals surface area (Å²) in [4.78, 5) is 33.7. The molecule has 1 atom stereocenters. The number of aliphatic hydroxyl groups is 1. The van der Waals surface area contributed by atoms with Crippen molar-refractivity contribution in [3.05, 3.63) is 78.0 Å². The fourth-order valence-corrected chi connectivity index (χ4v) is 5.93. The van der Waals surface area contributed by atoms with Crippen LogP contribution >= 0.6 is 0 Å². The molecule has 0 radical (unpaired) electrons. The summed E-state index contributed by atoms with van der Waals surface area (Å²) in [6.45, 7) is 0.0503. The van der Waals surface area contributed by atoms with E-state index in [1.54, 1.807) is 18.2 Å². The molecule has 2 heterocycles. The Morgan fingerprint density at radius 2 is 1.88 bits per heavy atom. The molecule has 0 saturated heterocycles. The number of carboxylic acids is 1. The average molecular weight is 569 g/mol. The van der Waals surface area contributed by atoms with Crippen molar-refractivity contribution in [1.82, 2.24) is 19.9 Å². The Balaban J connectivity index is 1.38. The number of carbonyl (C=O) groups excluding carboxylic acids is 1. The number of aromatic hydroxyl groups is 1. The zero-order chi connectivity index (χ0) is 29.2. The van der Waals surface area contributed by atoms with Gasteiger partial charge < -0.3 is 34.9 Å². The van der Waals surface area contributed by atoms with Crippen molar-refractivity contribution in [1.29, 1.82) is 0 Å². The van der Waals surface area contributed by atoms with Crippen molar-refractivity contribution in [2.45, 2.75) is 44.2 Å². The number of fused-ring (bicyclic) bond motifs is 2. The minimum absolute atomic E-state index is 0.00282. The molecule has 1 fully saturated rings. The molecule has 10 heteroatoms. The van der Waals surface area contributed by atoms with E-state index in [1.807, 2.05) is 30.3 Å². The topological polar surface area (TPSA) is 150 Å². The number of aliphatic hydroxyl groups excluding tert-OH is 1. The standard InChI is InChI=1S/C32H32N4O6/c37-14-15-42-28-9-5-4-8-22(28)30-34-26-16-19(10-13-27(26)36(30)20-6-2-1-3-7-20)31(39)35-29(32(40)41)24-18-33-25-12-11-21(38)17-23(24)25/h4-5,8-13,16-18,20,29,33,37-38H,1-3,6-7,14-15H2,(H,35,39)(H,40,41)/t29-/m0/s1. The molecule has 5 N–H and O–H groups in total. The first-order valence-electron chi connectivity index (χ1n) is 14.1. The molecule has 1 saturated carbocycles. The predicted molar refractivity (Wildman–Crippen MR) is 158 cm³/mol. The molecule has 3 aromatic carbocycles. The first-order chi connectivity index (χ1) is 20.4. The number of phenols is 1. The normalized spacial score (nSPS) is 14.7. The summed E-state index contributed by atoms with van der Waals surface area (Å²) in [5.41, 5.74) is 3.56. The van der Waals surface area contributed by atoms with E-state index in [2.05, 4.69) is 14.9 Å². The van der Waals surface area contributed by atoms with Gasteiger partial charge in [0, 0.05) is 34.3 Å². The lowest BCUT2D eigenvalue weighted by atomic mass is 9.94. The second kappa shape index (κ2) is 11.6. The first-order valence-corrected chi connectivity index (χ1v) is 14.1. The zero-order valence-corrected chi connectivity index (χ0v) is 22.9. The number of H-pyrrole nitrogens is 1. The Morgan fingerprint density at radius 1 is 1.07 bits per heavy atom. The number of para-hydroxylation sites is 1. The zero-order valence-electron chi connectivity index (χ0n) is 22.9. The van der Waals surface area contributed by atoms with Gasteiger partial charge in [0.25, 0.3) is 5.91 Å².